The Labute approximate surface area is 126 Å². The molecule has 0 fully saturated rings. The number of esters is 1. The van der Waals surface area contributed by atoms with Crippen LogP contribution in [0.4, 0.5) is 0 Å². The maximum Gasteiger partial charge on any atom is 0.307 e. The normalized spacial score (nSPS) is 11.4. The van der Waals surface area contributed by atoms with Gasteiger partial charge in [-0.15, -0.1) is 0 Å². The molecule has 4 nitrogen and oxygen atoms in total. The first-order chi connectivity index (χ1) is 9.82. The van der Waals surface area contributed by atoms with E-state index >= 15 is 0 Å². The first-order valence-electron chi connectivity index (χ1n) is 6.96. The third-order valence-electron chi connectivity index (χ3n) is 3.06. The molecule has 1 amide bonds. The fourth-order valence-electron chi connectivity index (χ4n) is 1.71. The molecule has 0 bridgehead atoms. The number of benzene rings is 1. The Hall–Kier alpha value is -2.10. The minimum atomic E-state index is -0.336. The molecule has 0 aromatic heterocycles. The molecule has 0 spiro atoms. The molecular formula is C17H23NO3. The third-order valence-corrected chi connectivity index (χ3v) is 3.06. The van der Waals surface area contributed by atoms with E-state index in [-0.39, 0.29) is 30.3 Å². The lowest BCUT2D eigenvalue weighted by atomic mass is 9.87. The Bertz CT molecular complexity index is 510. The highest BCUT2D eigenvalue weighted by Gasteiger charge is 2.12. The summed E-state index contributed by atoms with van der Waals surface area (Å²) in [6, 6.07) is 8.10. The van der Waals surface area contributed by atoms with Crippen molar-refractivity contribution in [3.8, 4) is 0 Å². The molecule has 114 valence electrons. The molecule has 0 unspecified atom stereocenters. The molecule has 0 aliphatic heterocycles. The average Bonchev–Trinajstić information content (AvgIpc) is 2.44. The predicted molar refractivity (Wildman–Crippen MR) is 83.8 cm³/mol. The van der Waals surface area contributed by atoms with E-state index in [9.17, 15) is 9.59 Å². The zero-order valence-corrected chi connectivity index (χ0v) is 13.1. The van der Waals surface area contributed by atoms with Crippen LogP contribution in [0.15, 0.2) is 30.3 Å². The average molecular weight is 289 g/mol. The molecule has 1 aromatic rings. The van der Waals surface area contributed by atoms with Gasteiger partial charge in [-0.1, -0.05) is 45.0 Å². The van der Waals surface area contributed by atoms with Crippen molar-refractivity contribution < 1.29 is 14.3 Å². The molecule has 1 N–H and O–H groups in total. The molecule has 1 aromatic carbocycles. The van der Waals surface area contributed by atoms with Crippen LogP contribution < -0.4 is 5.32 Å². The van der Waals surface area contributed by atoms with E-state index in [4.69, 9.17) is 0 Å². The second-order valence-electron chi connectivity index (χ2n) is 5.82. The van der Waals surface area contributed by atoms with Crippen molar-refractivity contribution in [1.82, 2.24) is 5.32 Å². The second kappa shape index (κ2) is 7.62. The summed E-state index contributed by atoms with van der Waals surface area (Å²) in [5, 5.41) is 2.63. The minimum absolute atomic E-state index is 0.119. The van der Waals surface area contributed by atoms with Crippen molar-refractivity contribution in [2.75, 3.05) is 13.7 Å². The van der Waals surface area contributed by atoms with Crippen LogP contribution in [0.3, 0.4) is 0 Å². The van der Waals surface area contributed by atoms with Crippen LogP contribution >= 0.6 is 0 Å². The Morgan fingerprint density at radius 2 is 1.81 bits per heavy atom. The van der Waals surface area contributed by atoms with Crippen LogP contribution in [-0.2, 0) is 19.7 Å². The first-order valence-corrected chi connectivity index (χ1v) is 6.96. The number of methoxy groups -OCH3 is 1. The number of carbonyl (C=O) groups excluding carboxylic acids is 2. The van der Waals surface area contributed by atoms with Crippen molar-refractivity contribution >= 4 is 18.0 Å². The lowest BCUT2D eigenvalue weighted by Gasteiger charge is -2.18. The van der Waals surface area contributed by atoms with Gasteiger partial charge in [0.2, 0.25) is 5.91 Å². The smallest absolute Gasteiger partial charge is 0.307 e. The van der Waals surface area contributed by atoms with Crippen LogP contribution in [0.1, 0.15) is 38.3 Å². The maximum atomic E-state index is 11.6. The third kappa shape index (κ3) is 6.25. The van der Waals surface area contributed by atoms with Crippen LogP contribution in [0.25, 0.3) is 6.08 Å². The Morgan fingerprint density at radius 1 is 1.19 bits per heavy atom. The molecule has 0 heterocycles. The Kier molecular flexibility index (Phi) is 6.15. The van der Waals surface area contributed by atoms with Gasteiger partial charge in [0, 0.05) is 12.6 Å². The van der Waals surface area contributed by atoms with Gasteiger partial charge in [-0.25, -0.2) is 0 Å². The maximum absolute atomic E-state index is 11.6. The van der Waals surface area contributed by atoms with Gasteiger partial charge in [-0.2, -0.15) is 0 Å². The standard InChI is InChI=1S/C17H23NO3/c1-17(2,3)14-8-5-13(6-9-14)7-10-15(19)18-12-11-16(20)21-4/h5-10H,11-12H2,1-4H3,(H,18,19)/b10-7+. The van der Waals surface area contributed by atoms with Gasteiger partial charge in [-0.05, 0) is 22.6 Å². The molecule has 4 heteroatoms. The Morgan fingerprint density at radius 3 is 2.33 bits per heavy atom. The van der Waals surface area contributed by atoms with Crippen LogP contribution in [0.5, 0.6) is 0 Å². The zero-order valence-electron chi connectivity index (χ0n) is 13.1. The van der Waals surface area contributed by atoms with Crippen molar-refractivity contribution in [2.24, 2.45) is 0 Å². The molecule has 0 aliphatic rings. The molecule has 1 rings (SSSR count). The highest BCUT2D eigenvalue weighted by atomic mass is 16.5. The molecule has 0 aliphatic carbocycles. The minimum Gasteiger partial charge on any atom is -0.469 e. The monoisotopic (exact) mass is 289 g/mol. The van der Waals surface area contributed by atoms with Gasteiger partial charge in [0.1, 0.15) is 0 Å². The Balaban J connectivity index is 2.49. The lowest BCUT2D eigenvalue weighted by molar-refractivity contribution is -0.140. The molecule has 0 saturated carbocycles. The van der Waals surface area contributed by atoms with E-state index in [0.29, 0.717) is 0 Å². The van der Waals surface area contributed by atoms with E-state index < -0.39 is 0 Å². The summed E-state index contributed by atoms with van der Waals surface area (Å²) in [5.74, 6) is -0.559. The molecule has 0 radical (unpaired) electrons. The van der Waals surface area contributed by atoms with Crippen LogP contribution in [0, 0.1) is 0 Å². The molecule has 0 atom stereocenters. The summed E-state index contributed by atoms with van der Waals surface area (Å²) in [6.07, 6.45) is 3.39. The van der Waals surface area contributed by atoms with Crippen LogP contribution in [-0.4, -0.2) is 25.5 Å². The summed E-state index contributed by atoms with van der Waals surface area (Å²) < 4.78 is 4.49. The second-order valence-corrected chi connectivity index (χ2v) is 5.82. The van der Waals surface area contributed by atoms with E-state index in [1.165, 1.54) is 18.7 Å². The number of carbonyl (C=O) groups is 2. The van der Waals surface area contributed by atoms with Crippen molar-refractivity contribution in [3.05, 3.63) is 41.5 Å². The number of amides is 1. The summed E-state index contributed by atoms with van der Waals surface area (Å²) in [5.41, 5.74) is 2.33. The highest BCUT2D eigenvalue weighted by molar-refractivity contribution is 5.91. The predicted octanol–water partition coefficient (Wildman–Crippen LogP) is 2.68. The summed E-state index contributed by atoms with van der Waals surface area (Å²) >= 11 is 0. The summed E-state index contributed by atoms with van der Waals surface area (Å²) in [6.45, 7) is 6.75. The SMILES string of the molecule is COC(=O)CCNC(=O)/C=C/c1ccc(C(C)(C)C)cc1. The van der Waals surface area contributed by atoms with Crippen molar-refractivity contribution in [3.63, 3.8) is 0 Å². The fourth-order valence-corrected chi connectivity index (χ4v) is 1.71. The van der Waals surface area contributed by atoms with Gasteiger partial charge in [-0.3, -0.25) is 9.59 Å². The fraction of sp³-hybridized carbons (Fsp3) is 0.412. The highest BCUT2D eigenvalue weighted by Crippen LogP contribution is 2.22. The van der Waals surface area contributed by atoms with Gasteiger partial charge >= 0.3 is 5.97 Å². The van der Waals surface area contributed by atoms with E-state index in [2.05, 4.69) is 43.0 Å². The summed E-state index contributed by atoms with van der Waals surface area (Å²) in [7, 11) is 1.32. The molecular weight excluding hydrogens is 266 g/mol. The topological polar surface area (TPSA) is 55.4 Å². The van der Waals surface area contributed by atoms with Crippen molar-refractivity contribution in [2.45, 2.75) is 32.6 Å². The van der Waals surface area contributed by atoms with E-state index in [1.54, 1.807) is 6.08 Å². The number of ether oxygens (including phenoxy) is 1. The number of hydrogen-bond donors (Lipinski definition) is 1. The van der Waals surface area contributed by atoms with Crippen LogP contribution in [0.2, 0.25) is 0 Å². The van der Waals surface area contributed by atoms with E-state index in [0.717, 1.165) is 5.56 Å². The first kappa shape index (κ1) is 17.0. The largest absolute Gasteiger partial charge is 0.469 e. The number of rotatable bonds is 5. The van der Waals surface area contributed by atoms with Gasteiger partial charge < -0.3 is 10.1 Å². The van der Waals surface area contributed by atoms with Gasteiger partial charge in [0.15, 0.2) is 0 Å². The van der Waals surface area contributed by atoms with Crippen molar-refractivity contribution in [1.29, 1.82) is 0 Å². The van der Waals surface area contributed by atoms with Gasteiger partial charge in [0.25, 0.3) is 0 Å². The zero-order chi connectivity index (χ0) is 15.9. The quantitative estimate of drug-likeness (QED) is 0.670. The lowest BCUT2D eigenvalue weighted by Crippen LogP contribution is -2.24. The molecule has 21 heavy (non-hydrogen) atoms. The van der Waals surface area contributed by atoms with E-state index in [1.807, 2.05) is 12.1 Å². The van der Waals surface area contributed by atoms with Gasteiger partial charge in [0.05, 0.1) is 13.5 Å². The number of hydrogen-bond acceptors (Lipinski definition) is 3. The number of nitrogens with one attached hydrogen (secondary N) is 1. The molecule has 0 saturated heterocycles. The summed E-state index contributed by atoms with van der Waals surface area (Å²) in [4.78, 5) is 22.5.